The first-order chi connectivity index (χ1) is 7.70. The first-order valence-corrected chi connectivity index (χ1v) is 4.89. The van der Waals surface area contributed by atoms with Crippen LogP contribution in [-0.4, -0.2) is 24.7 Å². The minimum atomic E-state index is -0.823. The van der Waals surface area contributed by atoms with Crippen molar-refractivity contribution in [3.63, 3.8) is 0 Å². The van der Waals surface area contributed by atoms with E-state index >= 15 is 0 Å². The maximum atomic E-state index is 10.9. The Morgan fingerprint density at radius 3 is 3.00 bits per heavy atom. The average Bonchev–Trinajstić information content (AvgIpc) is 2.29. The van der Waals surface area contributed by atoms with E-state index in [4.69, 9.17) is 9.47 Å². The number of ether oxygens (including phenoxy) is 3. The molecule has 2 rings (SSSR count). The van der Waals surface area contributed by atoms with Crippen molar-refractivity contribution >= 4 is 6.16 Å². The summed E-state index contributed by atoms with van der Waals surface area (Å²) >= 11 is 0. The van der Waals surface area contributed by atoms with Crippen molar-refractivity contribution in [3.05, 3.63) is 29.8 Å². The van der Waals surface area contributed by atoms with Gasteiger partial charge < -0.3 is 19.3 Å². The molecule has 1 N–H and O–H groups in total. The zero-order valence-electron chi connectivity index (χ0n) is 8.75. The van der Waals surface area contributed by atoms with Crippen LogP contribution >= 0.6 is 0 Å². The monoisotopic (exact) mass is 224 g/mol. The molecule has 2 atom stereocenters. The lowest BCUT2D eigenvalue weighted by atomic mass is 10.0. The lowest BCUT2D eigenvalue weighted by Crippen LogP contribution is -2.30. The van der Waals surface area contributed by atoms with Gasteiger partial charge in [0, 0.05) is 5.56 Å². The van der Waals surface area contributed by atoms with Crippen molar-refractivity contribution in [2.24, 2.45) is 0 Å². The van der Waals surface area contributed by atoms with Crippen LogP contribution < -0.4 is 4.74 Å². The molecule has 1 heterocycles. The molecule has 1 aromatic rings. The summed E-state index contributed by atoms with van der Waals surface area (Å²) in [5.41, 5.74) is 0.701. The van der Waals surface area contributed by atoms with Crippen LogP contribution in [0.15, 0.2) is 24.3 Å². The van der Waals surface area contributed by atoms with E-state index in [-0.39, 0.29) is 6.42 Å². The maximum Gasteiger partial charge on any atom is 0.511 e. The molecule has 1 aromatic carbocycles. The molecule has 86 valence electrons. The van der Waals surface area contributed by atoms with E-state index in [0.717, 1.165) is 0 Å². The topological polar surface area (TPSA) is 65.0 Å². The molecule has 0 aliphatic carbocycles. The molecule has 0 radical (unpaired) electrons. The lowest BCUT2D eigenvalue weighted by Gasteiger charge is -2.28. The van der Waals surface area contributed by atoms with E-state index in [9.17, 15) is 9.90 Å². The number of fused-ring (bicyclic) bond motifs is 1. The zero-order valence-corrected chi connectivity index (χ0v) is 8.75. The predicted octanol–water partition coefficient (Wildman–Crippen LogP) is 1.61. The third-order valence-corrected chi connectivity index (χ3v) is 2.35. The molecular weight excluding hydrogens is 212 g/mol. The number of methoxy groups -OCH3 is 1. The number of para-hydroxylation sites is 1. The third kappa shape index (κ3) is 2.09. The molecule has 0 bridgehead atoms. The van der Waals surface area contributed by atoms with Crippen molar-refractivity contribution in [3.8, 4) is 5.75 Å². The summed E-state index contributed by atoms with van der Waals surface area (Å²) in [6, 6.07) is 7.08. The zero-order chi connectivity index (χ0) is 11.5. The van der Waals surface area contributed by atoms with Gasteiger partial charge in [-0.05, 0) is 6.07 Å². The summed E-state index contributed by atoms with van der Waals surface area (Å²) in [7, 11) is 1.22. The Morgan fingerprint density at radius 2 is 2.25 bits per heavy atom. The number of rotatable bonds is 1. The molecule has 5 heteroatoms. The number of hydrogen-bond acceptors (Lipinski definition) is 5. The van der Waals surface area contributed by atoms with Crippen molar-refractivity contribution < 1.29 is 24.1 Å². The van der Waals surface area contributed by atoms with E-state index in [1.165, 1.54) is 7.11 Å². The minimum absolute atomic E-state index is 0.201. The standard InChI is InChI=1S/C11H12O5/c1-14-11(13)16-10-6-8(12)7-4-2-3-5-9(7)15-10/h2-5,8,10,12H,6H2,1H3. The van der Waals surface area contributed by atoms with Gasteiger partial charge in [-0.25, -0.2) is 4.79 Å². The van der Waals surface area contributed by atoms with Crippen molar-refractivity contribution in [2.75, 3.05) is 7.11 Å². The van der Waals surface area contributed by atoms with Crippen LogP contribution in [0.1, 0.15) is 18.1 Å². The highest BCUT2D eigenvalue weighted by atomic mass is 16.8. The van der Waals surface area contributed by atoms with Gasteiger partial charge in [-0.15, -0.1) is 0 Å². The molecule has 2 unspecified atom stereocenters. The first-order valence-electron chi connectivity index (χ1n) is 4.89. The van der Waals surface area contributed by atoms with Crippen LogP contribution in [0.3, 0.4) is 0 Å². The van der Waals surface area contributed by atoms with Gasteiger partial charge in [-0.1, -0.05) is 18.2 Å². The minimum Gasteiger partial charge on any atom is -0.454 e. The van der Waals surface area contributed by atoms with Crippen molar-refractivity contribution in [1.29, 1.82) is 0 Å². The lowest BCUT2D eigenvalue weighted by molar-refractivity contribution is -0.0930. The highest BCUT2D eigenvalue weighted by molar-refractivity contribution is 5.59. The smallest absolute Gasteiger partial charge is 0.454 e. The highest BCUT2D eigenvalue weighted by Crippen LogP contribution is 2.34. The predicted molar refractivity (Wildman–Crippen MR) is 53.9 cm³/mol. The second-order valence-corrected chi connectivity index (χ2v) is 3.41. The molecule has 16 heavy (non-hydrogen) atoms. The van der Waals surface area contributed by atoms with E-state index < -0.39 is 18.5 Å². The Balaban J connectivity index is 2.12. The second kappa shape index (κ2) is 4.40. The molecule has 0 aromatic heterocycles. The Kier molecular flexibility index (Phi) is 2.96. The fourth-order valence-corrected chi connectivity index (χ4v) is 1.59. The normalized spacial score (nSPS) is 22.9. The molecule has 0 spiro atoms. The maximum absolute atomic E-state index is 10.9. The number of hydrogen-bond donors (Lipinski definition) is 1. The molecule has 0 saturated carbocycles. The fourth-order valence-electron chi connectivity index (χ4n) is 1.59. The van der Waals surface area contributed by atoms with E-state index in [0.29, 0.717) is 11.3 Å². The van der Waals surface area contributed by atoms with Crippen molar-refractivity contribution in [2.45, 2.75) is 18.8 Å². The molecule has 0 amide bonds. The summed E-state index contributed by atoms with van der Waals surface area (Å²) in [4.78, 5) is 10.9. The van der Waals surface area contributed by atoms with Crippen LogP contribution in [0.5, 0.6) is 5.75 Å². The summed E-state index contributed by atoms with van der Waals surface area (Å²) < 4.78 is 14.6. The number of aliphatic hydroxyl groups is 1. The van der Waals surface area contributed by atoms with Crippen LogP contribution in [0.25, 0.3) is 0 Å². The van der Waals surface area contributed by atoms with E-state index in [1.807, 2.05) is 6.07 Å². The van der Waals surface area contributed by atoms with Crippen LogP contribution in [0.2, 0.25) is 0 Å². The fraction of sp³-hybridized carbons (Fsp3) is 0.364. The highest BCUT2D eigenvalue weighted by Gasteiger charge is 2.29. The molecule has 0 saturated heterocycles. The van der Waals surface area contributed by atoms with Gasteiger partial charge in [0.15, 0.2) is 0 Å². The molecule has 5 nitrogen and oxygen atoms in total. The SMILES string of the molecule is COC(=O)OC1CC(O)c2ccccc2O1. The Morgan fingerprint density at radius 1 is 1.50 bits per heavy atom. The van der Waals surface area contributed by atoms with Gasteiger partial charge in [0.2, 0.25) is 0 Å². The van der Waals surface area contributed by atoms with Gasteiger partial charge in [0.25, 0.3) is 6.29 Å². The van der Waals surface area contributed by atoms with Gasteiger partial charge in [-0.2, -0.15) is 0 Å². The van der Waals surface area contributed by atoms with Gasteiger partial charge in [0.05, 0.1) is 19.6 Å². The van der Waals surface area contributed by atoms with Crippen LogP contribution in [-0.2, 0) is 9.47 Å². The Labute approximate surface area is 92.5 Å². The second-order valence-electron chi connectivity index (χ2n) is 3.41. The number of carbonyl (C=O) groups is 1. The molecule has 1 aliphatic rings. The average molecular weight is 224 g/mol. The summed E-state index contributed by atoms with van der Waals surface area (Å²) in [6.45, 7) is 0. The first kappa shape index (κ1) is 10.8. The summed E-state index contributed by atoms with van der Waals surface area (Å²) in [5.74, 6) is 0.523. The van der Waals surface area contributed by atoms with E-state index in [2.05, 4.69) is 4.74 Å². The molecule has 0 fully saturated rings. The van der Waals surface area contributed by atoms with Crippen LogP contribution in [0.4, 0.5) is 4.79 Å². The third-order valence-electron chi connectivity index (χ3n) is 2.35. The quantitative estimate of drug-likeness (QED) is 0.734. The van der Waals surface area contributed by atoms with Crippen molar-refractivity contribution in [1.82, 2.24) is 0 Å². The van der Waals surface area contributed by atoms with E-state index in [1.54, 1.807) is 18.2 Å². The van der Waals surface area contributed by atoms with Gasteiger partial charge >= 0.3 is 6.16 Å². The largest absolute Gasteiger partial charge is 0.511 e. The molecule has 1 aliphatic heterocycles. The summed E-state index contributed by atoms with van der Waals surface area (Å²) in [5, 5.41) is 9.81. The number of aliphatic hydroxyl groups excluding tert-OH is 1. The summed E-state index contributed by atoms with van der Waals surface area (Å²) in [6.07, 6.45) is -2.12. The Bertz CT molecular complexity index is 390. The number of carbonyl (C=O) groups excluding carboxylic acids is 1. The molecular formula is C11H12O5. The number of benzene rings is 1. The van der Waals surface area contributed by atoms with Gasteiger partial charge in [0.1, 0.15) is 5.75 Å². The van der Waals surface area contributed by atoms with Gasteiger partial charge in [-0.3, -0.25) is 0 Å². The van der Waals surface area contributed by atoms with Crippen LogP contribution in [0, 0.1) is 0 Å². The Hall–Kier alpha value is -1.75.